The lowest BCUT2D eigenvalue weighted by molar-refractivity contribution is 0.102. The van der Waals surface area contributed by atoms with Crippen LogP contribution < -0.4 is 10.6 Å². The molecule has 0 spiro atoms. The van der Waals surface area contributed by atoms with Crippen LogP contribution in [0, 0.1) is 5.92 Å². The maximum absolute atomic E-state index is 9.81. The lowest BCUT2D eigenvalue weighted by Gasteiger charge is -2.34. The Labute approximate surface area is 103 Å². The number of anilines is 2. The molecule has 0 radical (unpaired) electrons. The number of aliphatic hydroxyl groups is 1. The highest BCUT2D eigenvalue weighted by atomic mass is 79.9. The van der Waals surface area contributed by atoms with Crippen LogP contribution in [-0.2, 0) is 0 Å². The van der Waals surface area contributed by atoms with Gasteiger partial charge in [-0.05, 0) is 28.3 Å². The molecule has 2 rings (SSSR count). The first kappa shape index (κ1) is 11.6. The smallest absolute Gasteiger partial charge is 0.228 e. The van der Waals surface area contributed by atoms with E-state index in [-0.39, 0.29) is 6.10 Å². The van der Waals surface area contributed by atoms with Gasteiger partial charge in [-0.25, -0.2) is 4.98 Å². The van der Waals surface area contributed by atoms with E-state index in [4.69, 9.17) is 5.73 Å². The summed E-state index contributed by atoms with van der Waals surface area (Å²) >= 11 is 3.29. The molecule has 2 atom stereocenters. The molecule has 0 amide bonds. The van der Waals surface area contributed by atoms with Crippen molar-refractivity contribution in [2.24, 2.45) is 5.92 Å². The molecule has 1 aliphatic rings. The number of nitrogens with two attached hydrogens (primary N) is 1. The first-order chi connectivity index (χ1) is 7.56. The van der Waals surface area contributed by atoms with Crippen LogP contribution in [0.25, 0.3) is 0 Å². The molecule has 0 aliphatic carbocycles. The van der Waals surface area contributed by atoms with E-state index in [1.165, 1.54) is 0 Å². The Morgan fingerprint density at radius 3 is 2.94 bits per heavy atom. The van der Waals surface area contributed by atoms with E-state index >= 15 is 0 Å². The maximum Gasteiger partial charge on any atom is 0.228 e. The Hall–Kier alpha value is -0.880. The number of β-amino-alcohol motifs (C(OH)–C–C–N with tert-alkyl or cyclic N) is 1. The SMILES string of the molecule is CC1CCN(c2nc(N)cc(Br)n2)CC1O. The molecular weight excluding hydrogens is 272 g/mol. The number of aromatic nitrogens is 2. The number of rotatable bonds is 1. The van der Waals surface area contributed by atoms with E-state index in [0.29, 0.717) is 28.8 Å². The van der Waals surface area contributed by atoms with Gasteiger partial charge in [0.2, 0.25) is 5.95 Å². The second-order valence-corrected chi connectivity index (χ2v) is 5.01. The fourth-order valence-corrected chi connectivity index (χ4v) is 2.19. The van der Waals surface area contributed by atoms with Gasteiger partial charge in [-0.3, -0.25) is 0 Å². The molecule has 1 aromatic heterocycles. The van der Waals surface area contributed by atoms with Gasteiger partial charge in [-0.15, -0.1) is 0 Å². The molecule has 0 bridgehead atoms. The van der Waals surface area contributed by atoms with Crippen molar-refractivity contribution in [3.05, 3.63) is 10.7 Å². The van der Waals surface area contributed by atoms with Crippen molar-refractivity contribution < 1.29 is 5.11 Å². The van der Waals surface area contributed by atoms with E-state index in [2.05, 4.69) is 32.8 Å². The van der Waals surface area contributed by atoms with Crippen LogP contribution in [0.1, 0.15) is 13.3 Å². The average molecular weight is 287 g/mol. The van der Waals surface area contributed by atoms with E-state index in [1.807, 2.05) is 4.90 Å². The fraction of sp³-hybridized carbons (Fsp3) is 0.600. The lowest BCUT2D eigenvalue weighted by atomic mass is 9.96. The highest BCUT2D eigenvalue weighted by molar-refractivity contribution is 9.10. The molecule has 1 aliphatic heterocycles. The minimum Gasteiger partial charge on any atom is -0.391 e. The summed E-state index contributed by atoms with van der Waals surface area (Å²) in [5, 5.41) is 9.81. The van der Waals surface area contributed by atoms with Crippen LogP contribution in [0.5, 0.6) is 0 Å². The van der Waals surface area contributed by atoms with Crippen LogP contribution in [0.3, 0.4) is 0 Å². The molecule has 1 saturated heterocycles. The molecule has 1 fully saturated rings. The van der Waals surface area contributed by atoms with E-state index in [1.54, 1.807) is 6.07 Å². The summed E-state index contributed by atoms with van der Waals surface area (Å²) in [4.78, 5) is 10.4. The number of nitrogens with zero attached hydrogens (tertiary/aromatic N) is 3. The Morgan fingerprint density at radius 2 is 2.31 bits per heavy atom. The zero-order valence-electron chi connectivity index (χ0n) is 9.10. The van der Waals surface area contributed by atoms with Gasteiger partial charge in [0.1, 0.15) is 10.4 Å². The van der Waals surface area contributed by atoms with Crippen LogP contribution in [0.4, 0.5) is 11.8 Å². The largest absolute Gasteiger partial charge is 0.391 e. The number of aliphatic hydroxyl groups excluding tert-OH is 1. The van der Waals surface area contributed by atoms with Crippen molar-refractivity contribution in [2.75, 3.05) is 23.7 Å². The predicted octanol–water partition coefficient (Wildman–Crippen LogP) is 1.03. The monoisotopic (exact) mass is 286 g/mol. The standard InChI is InChI=1S/C10H15BrN4O/c1-6-2-3-15(5-7(6)16)10-13-8(11)4-9(12)14-10/h4,6-7,16H,2-3,5H2,1H3,(H2,12,13,14). The van der Waals surface area contributed by atoms with Gasteiger partial charge in [-0.2, -0.15) is 4.98 Å². The normalized spacial score (nSPS) is 25.8. The van der Waals surface area contributed by atoms with Crippen molar-refractivity contribution in [1.82, 2.24) is 9.97 Å². The highest BCUT2D eigenvalue weighted by Crippen LogP contribution is 2.22. The molecule has 3 N–H and O–H groups in total. The molecule has 1 aromatic rings. The maximum atomic E-state index is 9.81. The topological polar surface area (TPSA) is 75.3 Å². The van der Waals surface area contributed by atoms with Crippen molar-refractivity contribution in [3.8, 4) is 0 Å². The third kappa shape index (κ3) is 2.44. The summed E-state index contributed by atoms with van der Waals surface area (Å²) in [6, 6.07) is 1.66. The third-order valence-corrected chi connectivity index (χ3v) is 3.31. The molecule has 0 saturated carbocycles. The van der Waals surface area contributed by atoms with Gasteiger partial charge < -0.3 is 15.7 Å². The number of hydrogen-bond donors (Lipinski definition) is 2. The molecule has 2 unspecified atom stereocenters. The number of piperidine rings is 1. The van der Waals surface area contributed by atoms with Crippen molar-refractivity contribution in [1.29, 1.82) is 0 Å². The average Bonchev–Trinajstić information content (AvgIpc) is 2.20. The summed E-state index contributed by atoms with van der Waals surface area (Å²) in [6.45, 7) is 3.48. The molecular formula is C10H15BrN4O. The minimum absolute atomic E-state index is 0.322. The van der Waals surface area contributed by atoms with Crippen molar-refractivity contribution in [2.45, 2.75) is 19.4 Å². The molecule has 0 aromatic carbocycles. The van der Waals surface area contributed by atoms with E-state index < -0.39 is 0 Å². The Balaban J connectivity index is 2.18. The summed E-state index contributed by atoms with van der Waals surface area (Å²) in [5.41, 5.74) is 5.66. The fourth-order valence-electron chi connectivity index (χ4n) is 1.79. The highest BCUT2D eigenvalue weighted by Gasteiger charge is 2.25. The van der Waals surface area contributed by atoms with Gasteiger partial charge in [0, 0.05) is 19.2 Å². The van der Waals surface area contributed by atoms with Gasteiger partial charge in [-0.1, -0.05) is 6.92 Å². The zero-order chi connectivity index (χ0) is 11.7. The first-order valence-corrected chi connectivity index (χ1v) is 6.08. The molecule has 5 nitrogen and oxygen atoms in total. The number of nitrogen functional groups attached to an aromatic ring is 1. The minimum atomic E-state index is -0.322. The number of halogens is 1. The van der Waals surface area contributed by atoms with Crippen molar-refractivity contribution >= 4 is 27.7 Å². The van der Waals surface area contributed by atoms with Gasteiger partial charge >= 0.3 is 0 Å². The van der Waals surface area contributed by atoms with Crippen LogP contribution in [-0.4, -0.2) is 34.3 Å². The van der Waals surface area contributed by atoms with Crippen LogP contribution in [0.15, 0.2) is 10.7 Å². The van der Waals surface area contributed by atoms with E-state index in [9.17, 15) is 5.11 Å². The Kier molecular flexibility index (Phi) is 3.30. The summed E-state index contributed by atoms with van der Waals surface area (Å²) in [7, 11) is 0. The van der Waals surface area contributed by atoms with Crippen molar-refractivity contribution in [3.63, 3.8) is 0 Å². The molecule has 2 heterocycles. The van der Waals surface area contributed by atoms with Gasteiger partial charge in [0.15, 0.2) is 0 Å². The van der Waals surface area contributed by atoms with Gasteiger partial charge in [0.25, 0.3) is 0 Å². The van der Waals surface area contributed by atoms with Crippen LogP contribution >= 0.6 is 15.9 Å². The summed E-state index contributed by atoms with van der Waals surface area (Å²) < 4.78 is 0.670. The number of hydrogen-bond acceptors (Lipinski definition) is 5. The Morgan fingerprint density at radius 1 is 1.56 bits per heavy atom. The quantitative estimate of drug-likeness (QED) is 0.754. The second kappa shape index (κ2) is 4.55. The molecule has 88 valence electrons. The summed E-state index contributed by atoms with van der Waals surface area (Å²) in [5.74, 6) is 1.35. The summed E-state index contributed by atoms with van der Waals surface area (Å²) in [6.07, 6.45) is 0.620. The Bertz CT molecular complexity index is 367. The lowest BCUT2D eigenvalue weighted by Crippen LogP contribution is -2.43. The van der Waals surface area contributed by atoms with Crippen LogP contribution in [0.2, 0.25) is 0 Å². The zero-order valence-corrected chi connectivity index (χ0v) is 10.7. The van der Waals surface area contributed by atoms with Gasteiger partial charge in [0.05, 0.1) is 6.10 Å². The molecule has 6 heteroatoms. The second-order valence-electron chi connectivity index (χ2n) is 4.19. The third-order valence-electron chi connectivity index (χ3n) is 2.90. The predicted molar refractivity (Wildman–Crippen MR) is 66.1 cm³/mol. The van der Waals surface area contributed by atoms with E-state index in [0.717, 1.165) is 13.0 Å². The first-order valence-electron chi connectivity index (χ1n) is 5.29. The molecule has 16 heavy (non-hydrogen) atoms.